The van der Waals surface area contributed by atoms with Crippen LogP contribution in [0.25, 0.3) is 22.3 Å². The smallest absolute Gasteiger partial charge is 0.320 e. The van der Waals surface area contributed by atoms with Crippen LogP contribution in [-0.4, -0.2) is 53.4 Å². The molecule has 0 spiro atoms. The monoisotopic (exact) mass is 493 g/mol. The van der Waals surface area contributed by atoms with Crippen molar-refractivity contribution in [1.29, 1.82) is 0 Å². The number of likely N-dealkylation sites (tertiary alicyclic amines) is 1. The molecule has 4 heterocycles. The number of alkyl halides is 2. The van der Waals surface area contributed by atoms with Gasteiger partial charge < -0.3 is 9.64 Å². The van der Waals surface area contributed by atoms with E-state index in [4.69, 9.17) is 4.74 Å². The van der Waals surface area contributed by atoms with Crippen LogP contribution in [0.4, 0.5) is 8.78 Å². The second kappa shape index (κ2) is 9.48. The third kappa shape index (κ3) is 4.21. The van der Waals surface area contributed by atoms with Gasteiger partial charge in [-0.3, -0.25) is 14.3 Å². The molecule has 11 heteroatoms. The van der Waals surface area contributed by atoms with E-state index in [1.54, 1.807) is 29.3 Å². The van der Waals surface area contributed by atoms with E-state index in [0.717, 1.165) is 23.0 Å². The molecule has 4 aromatic rings. The number of halogens is 2. The van der Waals surface area contributed by atoms with Crippen LogP contribution in [0.2, 0.25) is 0 Å². The van der Waals surface area contributed by atoms with E-state index < -0.39 is 12.7 Å². The van der Waals surface area contributed by atoms with E-state index >= 15 is 0 Å². The number of hydrogen-bond acceptors (Lipinski definition) is 6. The van der Waals surface area contributed by atoms with Crippen LogP contribution in [0, 0.1) is 6.92 Å². The molecule has 1 aliphatic heterocycles. The number of fused-ring (bicyclic) bond motifs is 1. The summed E-state index contributed by atoms with van der Waals surface area (Å²) in [6.07, 6.45) is 4.32. The van der Waals surface area contributed by atoms with Crippen LogP contribution >= 0.6 is 0 Å². The molecule has 1 amide bonds. The minimum Gasteiger partial charge on any atom is -0.482 e. The largest absolute Gasteiger partial charge is 0.482 e. The highest BCUT2D eigenvalue weighted by Crippen LogP contribution is 2.37. The number of imidazole rings is 1. The van der Waals surface area contributed by atoms with Crippen molar-refractivity contribution in [3.63, 3.8) is 0 Å². The van der Waals surface area contributed by atoms with Gasteiger partial charge in [0.25, 0.3) is 0 Å². The number of pyridine rings is 1. The first-order valence-electron chi connectivity index (χ1n) is 11.6. The molecule has 0 N–H and O–H groups in total. The Morgan fingerprint density at radius 2 is 2.11 bits per heavy atom. The number of aromatic nitrogens is 6. The van der Waals surface area contributed by atoms with Gasteiger partial charge in [-0.05, 0) is 50.6 Å². The lowest BCUT2D eigenvalue weighted by molar-refractivity contribution is -0.125. The summed E-state index contributed by atoms with van der Waals surface area (Å²) in [4.78, 5) is 22.2. The average Bonchev–Trinajstić information content (AvgIpc) is 3.62. The average molecular weight is 494 g/mol. The molecule has 0 bridgehead atoms. The molecule has 2 atom stereocenters. The molecular weight excluding hydrogens is 468 g/mol. The number of rotatable bonds is 7. The zero-order valence-corrected chi connectivity index (χ0v) is 19.9. The maximum absolute atomic E-state index is 13.7. The van der Waals surface area contributed by atoms with Gasteiger partial charge in [-0.25, -0.2) is 9.67 Å². The molecule has 0 aliphatic carbocycles. The predicted octanol–water partition coefficient (Wildman–Crippen LogP) is 4.49. The molecule has 2 unspecified atom stereocenters. The van der Waals surface area contributed by atoms with Gasteiger partial charge in [-0.2, -0.15) is 8.78 Å². The summed E-state index contributed by atoms with van der Waals surface area (Å²) in [6, 6.07) is 8.82. The summed E-state index contributed by atoms with van der Waals surface area (Å²) in [7, 11) is 0. The lowest BCUT2D eigenvalue weighted by atomic mass is 10.1. The van der Waals surface area contributed by atoms with Crippen molar-refractivity contribution in [2.75, 3.05) is 13.1 Å². The maximum Gasteiger partial charge on any atom is 0.320 e. The number of carbonyl (C=O) groups excluding carboxylic acids is 1. The number of hydrogen-bond donors (Lipinski definition) is 0. The van der Waals surface area contributed by atoms with Gasteiger partial charge in [0.05, 0.1) is 22.9 Å². The topological polar surface area (TPSA) is 91.0 Å². The zero-order chi connectivity index (χ0) is 25.4. The second-order valence-corrected chi connectivity index (χ2v) is 8.69. The molecule has 36 heavy (non-hydrogen) atoms. The van der Waals surface area contributed by atoms with Gasteiger partial charge in [-0.15, -0.1) is 5.10 Å². The molecule has 1 aliphatic rings. The minimum absolute atomic E-state index is 0.0168. The van der Waals surface area contributed by atoms with Crippen molar-refractivity contribution in [2.24, 2.45) is 0 Å². The summed E-state index contributed by atoms with van der Waals surface area (Å²) in [5.41, 5.74) is 3.24. The fourth-order valence-electron chi connectivity index (χ4n) is 4.60. The third-order valence-corrected chi connectivity index (χ3v) is 6.45. The number of ether oxygens (including phenoxy) is 1. The van der Waals surface area contributed by atoms with Crippen LogP contribution in [0.5, 0.6) is 5.75 Å². The summed E-state index contributed by atoms with van der Waals surface area (Å²) in [6.45, 7) is 5.61. The van der Waals surface area contributed by atoms with Gasteiger partial charge in [0, 0.05) is 24.8 Å². The van der Waals surface area contributed by atoms with Crippen molar-refractivity contribution in [3.05, 3.63) is 66.9 Å². The Labute approximate surface area is 206 Å². The van der Waals surface area contributed by atoms with Crippen molar-refractivity contribution >= 4 is 16.9 Å². The molecule has 9 nitrogen and oxygen atoms in total. The van der Waals surface area contributed by atoms with Crippen LogP contribution in [0.15, 0.2) is 55.5 Å². The van der Waals surface area contributed by atoms with Crippen LogP contribution in [0.3, 0.4) is 0 Å². The third-order valence-electron chi connectivity index (χ3n) is 6.45. The molecular formula is C25H25F2N7O2. The first-order chi connectivity index (χ1) is 17.4. The van der Waals surface area contributed by atoms with Crippen molar-refractivity contribution in [1.82, 2.24) is 34.4 Å². The van der Waals surface area contributed by atoms with E-state index in [1.165, 1.54) is 6.08 Å². The summed E-state index contributed by atoms with van der Waals surface area (Å²) in [5, 5.41) is 8.74. The summed E-state index contributed by atoms with van der Waals surface area (Å²) < 4.78 is 36.2. The van der Waals surface area contributed by atoms with Gasteiger partial charge >= 0.3 is 6.55 Å². The number of amides is 1. The fourth-order valence-corrected chi connectivity index (χ4v) is 4.60. The molecule has 186 valence electrons. The molecule has 0 saturated carbocycles. The van der Waals surface area contributed by atoms with E-state index in [9.17, 15) is 13.6 Å². The zero-order valence-electron chi connectivity index (χ0n) is 19.9. The number of carbonyl (C=O) groups is 1. The Hall–Kier alpha value is -4.15. The van der Waals surface area contributed by atoms with Crippen molar-refractivity contribution in [2.45, 2.75) is 39.0 Å². The SMILES string of the molecule is C=CC(=O)N1CCC(n2nnc(-c3cc(OC(C)c4ccccn4)c4c(c3)ncn4C(F)F)c2C)C1. The Bertz CT molecular complexity index is 1420. The minimum atomic E-state index is -2.78. The number of benzene rings is 1. The van der Waals surface area contributed by atoms with Crippen LogP contribution in [0.1, 0.15) is 43.4 Å². The second-order valence-electron chi connectivity index (χ2n) is 8.69. The van der Waals surface area contributed by atoms with E-state index in [2.05, 4.69) is 26.9 Å². The lowest BCUT2D eigenvalue weighted by Crippen LogP contribution is -2.27. The molecule has 1 fully saturated rings. The normalized spacial score (nSPS) is 16.6. The lowest BCUT2D eigenvalue weighted by Gasteiger charge is -2.17. The number of nitrogens with zero attached hydrogens (tertiary/aromatic N) is 7. The highest BCUT2D eigenvalue weighted by atomic mass is 19.3. The molecule has 1 saturated heterocycles. The van der Waals surface area contributed by atoms with Crippen LogP contribution < -0.4 is 4.74 Å². The Morgan fingerprint density at radius 1 is 1.28 bits per heavy atom. The quantitative estimate of drug-likeness (QED) is 0.352. The van der Waals surface area contributed by atoms with Crippen LogP contribution in [-0.2, 0) is 4.79 Å². The van der Waals surface area contributed by atoms with Crippen molar-refractivity contribution < 1.29 is 18.3 Å². The molecule has 5 rings (SSSR count). The highest BCUT2D eigenvalue weighted by molar-refractivity contribution is 5.88. The Kier molecular flexibility index (Phi) is 6.21. The summed E-state index contributed by atoms with van der Waals surface area (Å²) >= 11 is 0. The Balaban J connectivity index is 1.53. The summed E-state index contributed by atoms with van der Waals surface area (Å²) in [5.74, 6) is 0.135. The highest BCUT2D eigenvalue weighted by Gasteiger charge is 2.29. The fraction of sp³-hybridized carbons (Fsp3) is 0.320. The van der Waals surface area contributed by atoms with Crippen molar-refractivity contribution in [3.8, 4) is 17.0 Å². The van der Waals surface area contributed by atoms with E-state index in [-0.39, 0.29) is 23.2 Å². The van der Waals surface area contributed by atoms with Gasteiger partial charge in [0.1, 0.15) is 29.4 Å². The van der Waals surface area contributed by atoms with Gasteiger partial charge in [0.2, 0.25) is 5.91 Å². The van der Waals surface area contributed by atoms with Gasteiger partial charge in [-0.1, -0.05) is 17.9 Å². The maximum atomic E-state index is 13.7. The standard InChI is InChI=1S/C25H25F2N7O2/c1-4-22(35)32-10-8-18(13-32)34-15(2)23(30-31-34)17-11-20-24(33(14-29-20)25(26)27)21(12-17)36-16(3)19-7-5-6-9-28-19/h4-7,9,11-12,14,16,18,25H,1,8,10,13H2,2-3H3. The Morgan fingerprint density at radius 3 is 2.83 bits per heavy atom. The first-order valence-corrected chi connectivity index (χ1v) is 11.6. The van der Waals surface area contributed by atoms with E-state index in [0.29, 0.717) is 35.6 Å². The molecule has 0 radical (unpaired) electrons. The first kappa shape index (κ1) is 23.6. The van der Waals surface area contributed by atoms with E-state index in [1.807, 2.05) is 30.7 Å². The predicted molar refractivity (Wildman–Crippen MR) is 128 cm³/mol. The molecule has 1 aromatic carbocycles. The van der Waals surface area contributed by atoms with Gasteiger partial charge in [0.15, 0.2) is 0 Å². The molecule has 3 aromatic heterocycles.